The molecule has 2 aliphatic heterocycles. The number of ketones is 1. The van der Waals surface area contributed by atoms with Crippen molar-refractivity contribution in [2.75, 3.05) is 13.7 Å². The molecule has 10 heteroatoms. The number of benzene rings is 3. The Bertz CT molecular complexity index is 1300. The van der Waals surface area contributed by atoms with Crippen LogP contribution in [0.25, 0.3) is 0 Å². The number of carbonyl (C=O) groups is 1. The molecule has 35 heavy (non-hydrogen) atoms. The molecule has 0 unspecified atom stereocenters. The van der Waals surface area contributed by atoms with Gasteiger partial charge in [-0.2, -0.15) is 0 Å². The maximum Gasteiger partial charge on any atom is 0.202 e. The summed E-state index contributed by atoms with van der Waals surface area (Å²) < 4.78 is 23.0. The summed E-state index contributed by atoms with van der Waals surface area (Å²) in [6, 6.07) is 11.6. The molecule has 3 aromatic rings. The molecule has 0 spiro atoms. The summed E-state index contributed by atoms with van der Waals surface area (Å²) in [5.74, 6) is -0.789. The van der Waals surface area contributed by atoms with Crippen LogP contribution < -0.4 is 18.9 Å². The normalized spacial score (nSPS) is 22.8. The van der Waals surface area contributed by atoms with E-state index in [1.807, 2.05) is 0 Å². The topological polar surface area (TPSA) is 155 Å². The highest BCUT2D eigenvalue weighted by atomic mass is 16.6. The summed E-state index contributed by atoms with van der Waals surface area (Å²) in [5, 5.41) is 50.2. The second kappa shape index (κ2) is 8.57. The zero-order valence-electron chi connectivity index (χ0n) is 18.4. The fraction of sp³-hybridized carbons (Fsp3) is 0.240. The first kappa shape index (κ1) is 22.6. The summed E-state index contributed by atoms with van der Waals surface area (Å²) in [7, 11) is 1.42. The van der Waals surface area contributed by atoms with Crippen LogP contribution in [0.5, 0.6) is 40.2 Å². The number of aliphatic hydroxyl groups excluding tert-OH is 2. The first-order chi connectivity index (χ1) is 16.8. The number of Topliss-reactive ketones (excluding diaryl/α,β-unsaturated/α-hetero) is 1. The van der Waals surface area contributed by atoms with Gasteiger partial charge in [0.2, 0.25) is 5.78 Å². The Hall–Kier alpha value is -4.15. The molecule has 4 atom stereocenters. The highest BCUT2D eigenvalue weighted by Gasteiger charge is 2.40. The van der Waals surface area contributed by atoms with E-state index in [1.165, 1.54) is 25.3 Å². The van der Waals surface area contributed by atoms with Gasteiger partial charge in [-0.15, -0.1) is 0 Å². The fourth-order valence-electron chi connectivity index (χ4n) is 4.28. The zero-order chi connectivity index (χ0) is 24.9. The van der Waals surface area contributed by atoms with Crippen molar-refractivity contribution in [1.29, 1.82) is 0 Å². The van der Waals surface area contributed by atoms with Crippen LogP contribution in [-0.2, 0) is 0 Å². The summed E-state index contributed by atoms with van der Waals surface area (Å²) in [4.78, 5) is 12.7. The van der Waals surface area contributed by atoms with Crippen LogP contribution in [-0.4, -0.2) is 57.2 Å². The summed E-state index contributed by atoms with van der Waals surface area (Å²) in [6.45, 7) is -0.384. The Morgan fingerprint density at radius 1 is 0.829 bits per heavy atom. The number of ether oxygens (including phenoxy) is 4. The van der Waals surface area contributed by atoms with Crippen LogP contribution in [0.3, 0.4) is 0 Å². The van der Waals surface area contributed by atoms with Gasteiger partial charge in [-0.3, -0.25) is 4.79 Å². The van der Waals surface area contributed by atoms with Gasteiger partial charge in [0, 0.05) is 17.7 Å². The van der Waals surface area contributed by atoms with Gasteiger partial charge >= 0.3 is 0 Å². The second-order valence-electron chi connectivity index (χ2n) is 8.20. The Kier molecular flexibility index (Phi) is 5.54. The number of hydrogen-bond donors (Lipinski definition) is 5. The Labute approximate surface area is 199 Å². The van der Waals surface area contributed by atoms with E-state index in [4.69, 9.17) is 18.9 Å². The monoisotopic (exact) mass is 482 g/mol. The molecule has 0 saturated carbocycles. The molecular formula is C25H22O10. The van der Waals surface area contributed by atoms with Crippen LogP contribution in [0.15, 0.2) is 48.5 Å². The van der Waals surface area contributed by atoms with Gasteiger partial charge in [0.25, 0.3) is 0 Å². The van der Waals surface area contributed by atoms with E-state index in [1.54, 1.807) is 24.3 Å². The number of aromatic hydroxyl groups is 3. The summed E-state index contributed by atoms with van der Waals surface area (Å²) in [6.07, 6.45) is -4.27. The molecule has 5 rings (SSSR count). The van der Waals surface area contributed by atoms with E-state index in [-0.39, 0.29) is 40.9 Å². The van der Waals surface area contributed by atoms with Crippen molar-refractivity contribution in [2.24, 2.45) is 0 Å². The van der Waals surface area contributed by atoms with Crippen molar-refractivity contribution in [3.8, 4) is 40.2 Å². The number of hydrogen-bond acceptors (Lipinski definition) is 10. The molecule has 0 amide bonds. The van der Waals surface area contributed by atoms with E-state index >= 15 is 0 Å². The van der Waals surface area contributed by atoms with Crippen molar-refractivity contribution < 1.29 is 49.3 Å². The molecule has 0 saturated heterocycles. The van der Waals surface area contributed by atoms with Crippen LogP contribution in [0.4, 0.5) is 0 Å². The average Bonchev–Trinajstić information content (AvgIpc) is 2.85. The fourth-order valence-corrected chi connectivity index (χ4v) is 4.28. The lowest BCUT2D eigenvalue weighted by atomic mass is 9.92. The molecular weight excluding hydrogens is 460 g/mol. The predicted octanol–water partition coefficient (Wildman–Crippen LogP) is 2.36. The Morgan fingerprint density at radius 2 is 1.54 bits per heavy atom. The van der Waals surface area contributed by atoms with Crippen LogP contribution in [0, 0.1) is 0 Å². The molecule has 2 heterocycles. The number of phenolic OH excluding ortho intramolecular Hbond substituents is 3. The summed E-state index contributed by atoms with van der Waals surface area (Å²) in [5.41, 5.74) is 0.779. The largest absolute Gasteiger partial charge is 0.508 e. The first-order valence-electron chi connectivity index (χ1n) is 10.7. The molecule has 182 valence electrons. The van der Waals surface area contributed by atoms with Gasteiger partial charge in [-0.05, 0) is 29.8 Å². The Balaban J connectivity index is 1.46. The number of carbonyl (C=O) groups excluding carboxylic acids is 1. The van der Waals surface area contributed by atoms with E-state index in [9.17, 15) is 30.3 Å². The van der Waals surface area contributed by atoms with Crippen molar-refractivity contribution in [3.63, 3.8) is 0 Å². The third kappa shape index (κ3) is 3.82. The van der Waals surface area contributed by atoms with Crippen molar-refractivity contribution in [3.05, 3.63) is 65.2 Å². The number of fused-ring (bicyclic) bond motifs is 2. The molecule has 0 aromatic heterocycles. The van der Waals surface area contributed by atoms with E-state index in [2.05, 4.69) is 0 Å². The summed E-state index contributed by atoms with van der Waals surface area (Å²) >= 11 is 0. The smallest absolute Gasteiger partial charge is 0.202 e. The standard InChI is InChI=1S/C25H22O10/c1-32-17-6-11(2-4-14(17)28)24-20(10-26)33-18-7-12(3-5-16(18)34-24)25-23(31)22(30)21-15(29)8-13(27)9-19(21)35-25/h2-9,20,23-29,31H,10H2,1H3/t20-,23-,24+,25+/m0/s1. The molecule has 5 N–H and O–H groups in total. The highest BCUT2D eigenvalue weighted by Crippen LogP contribution is 2.45. The first-order valence-corrected chi connectivity index (χ1v) is 10.7. The predicted molar refractivity (Wildman–Crippen MR) is 119 cm³/mol. The third-order valence-electron chi connectivity index (χ3n) is 6.00. The number of phenols is 3. The SMILES string of the molecule is COc1cc([C@H]2Oc3ccc([C@H]4Oc5cc(O)cc(O)c5C(=O)[C@@H]4O)cc3O[C@H]2CO)ccc1O. The number of methoxy groups -OCH3 is 1. The van der Waals surface area contributed by atoms with Gasteiger partial charge < -0.3 is 44.5 Å². The molecule has 0 bridgehead atoms. The van der Waals surface area contributed by atoms with Gasteiger partial charge in [0.1, 0.15) is 22.8 Å². The van der Waals surface area contributed by atoms with Crippen molar-refractivity contribution in [2.45, 2.75) is 24.4 Å². The molecule has 10 nitrogen and oxygen atoms in total. The van der Waals surface area contributed by atoms with E-state index < -0.39 is 35.9 Å². The lowest BCUT2D eigenvalue weighted by Crippen LogP contribution is -2.37. The van der Waals surface area contributed by atoms with E-state index in [0.29, 0.717) is 16.9 Å². The molecule has 0 fully saturated rings. The molecule has 0 radical (unpaired) electrons. The zero-order valence-corrected chi connectivity index (χ0v) is 18.4. The second-order valence-corrected chi connectivity index (χ2v) is 8.20. The van der Waals surface area contributed by atoms with Crippen LogP contribution >= 0.6 is 0 Å². The molecule has 0 aliphatic carbocycles. The number of aliphatic hydroxyl groups is 2. The average molecular weight is 482 g/mol. The quantitative estimate of drug-likeness (QED) is 0.374. The van der Waals surface area contributed by atoms with Crippen molar-refractivity contribution in [1.82, 2.24) is 0 Å². The van der Waals surface area contributed by atoms with Gasteiger partial charge in [0.05, 0.1) is 13.7 Å². The van der Waals surface area contributed by atoms with Crippen molar-refractivity contribution >= 4 is 5.78 Å². The van der Waals surface area contributed by atoms with Crippen LogP contribution in [0.2, 0.25) is 0 Å². The van der Waals surface area contributed by atoms with Crippen LogP contribution in [0.1, 0.15) is 33.7 Å². The minimum atomic E-state index is -1.62. The lowest BCUT2D eigenvalue weighted by Gasteiger charge is -2.35. The van der Waals surface area contributed by atoms with Gasteiger partial charge in [0.15, 0.2) is 47.4 Å². The molecule has 2 aliphatic rings. The van der Waals surface area contributed by atoms with E-state index in [0.717, 1.165) is 6.07 Å². The van der Waals surface area contributed by atoms with Gasteiger partial charge in [-0.1, -0.05) is 12.1 Å². The Morgan fingerprint density at radius 3 is 2.29 bits per heavy atom. The third-order valence-corrected chi connectivity index (χ3v) is 6.00. The highest BCUT2D eigenvalue weighted by molar-refractivity contribution is 6.05. The molecule has 3 aromatic carbocycles. The number of rotatable bonds is 4. The lowest BCUT2D eigenvalue weighted by molar-refractivity contribution is -0.0130. The minimum Gasteiger partial charge on any atom is -0.508 e. The maximum absolute atomic E-state index is 12.7. The maximum atomic E-state index is 12.7. The van der Waals surface area contributed by atoms with Gasteiger partial charge in [-0.25, -0.2) is 0 Å². The minimum absolute atomic E-state index is 0.0395.